The van der Waals surface area contributed by atoms with Crippen LogP contribution < -0.4 is 0 Å². The Morgan fingerprint density at radius 3 is 1.31 bits per heavy atom. The summed E-state index contributed by atoms with van der Waals surface area (Å²) in [6.45, 7) is 9.18. The van der Waals surface area contributed by atoms with Gasteiger partial charge in [-0.25, -0.2) is 0 Å². The van der Waals surface area contributed by atoms with Crippen molar-refractivity contribution >= 4 is 68.1 Å². The van der Waals surface area contributed by atoms with Gasteiger partial charge < -0.3 is 0 Å². The van der Waals surface area contributed by atoms with Crippen molar-refractivity contribution in [1.29, 1.82) is 10.5 Å². The zero-order chi connectivity index (χ0) is 35.7. The number of benzene rings is 1. The molecule has 0 spiro atoms. The molecular weight excluding hydrogens is 721 g/mol. The molecule has 0 saturated carbocycles. The van der Waals surface area contributed by atoms with Gasteiger partial charge in [0.25, 0.3) is 0 Å². The normalized spacial score (nSPS) is 12.7. The van der Waals surface area contributed by atoms with Crippen LogP contribution in [0.1, 0.15) is 113 Å². The monoisotopic (exact) mass is 766 g/mol. The average molecular weight is 767 g/mol. The first-order chi connectivity index (χ1) is 25.0. The Labute approximate surface area is 323 Å². The lowest BCUT2D eigenvalue weighted by atomic mass is 9.93. The summed E-state index contributed by atoms with van der Waals surface area (Å²) in [5.41, 5.74) is 3.61. The molecule has 0 radical (unpaired) electrons. The number of hydrogen-bond acceptors (Lipinski definition) is 9. The van der Waals surface area contributed by atoms with Crippen LogP contribution in [0.4, 0.5) is 0 Å². The Kier molecular flexibility index (Phi) is 13.3. The predicted octanol–water partition coefficient (Wildman–Crippen LogP) is 14.6. The first-order valence-corrected chi connectivity index (χ1v) is 22.5. The van der Waals surface area contributed by atoms with Crippen molar-refractivity contribution in [2.24, 2.45) is 11.8 Å². The summed E-state index contributed by atoms with van der Waals surface area (Å²) < 4.78 is 9.47. The molecule has 0 aliphatic carbocycles. The number of fused-ring (bicyclic) bond motifs is 1. The molecule has 0 saturated heterocycles. The minimum Gasteiger partial charge on any atom is -0.192 e. The highest BCUT2D eigenvalue weighted by molar-refractivity contribution is 7.24. The van der Waals surface area contributed by atoms with E-state index >= 15 is 0 Å². The van der Waals surface area contributed by atoms with Gasteiger partial charge in [0.1, 0.15) is 23.2 Å². The number of nitrogens with zero attached hydrogens (tertiary/aromatic N) is 4. The molecule has 5 heterocycles. The van der Waals surface area contributed by atoms with E-state index in [1.54, 1.807) is 22.7 Å². The van der Waals surface area contributed by atoms with Crippen molar-refractivity contribution in [3.05, 3.63) is 69.4 Å². The zero-order valence-corrected chi connectivity index (χ0v) is 34.2. The van der Waals surface area contributed by atoms with Crippen LogP contribution in [0.3, 0.4) is 0 Å². The molecular formula is C42H46N4S5. The van der Waals surface area contributed by atoms with Gasteiger partial charge >= 0.3 is 0 Å². The van der Waals surface area contributed by atoms with Crippen molar-refractivity contribution in [2.75, 3.05) is 0 Å². The van der Waals surface area contributed by atoms with E-state index in [1.807, 2.05) is 22.7 Å². The molecule has 6 aromatic rings. The molecule has 6 rings (SSSR count). The van der Waals surface area contributed by atoms with Crippen LogP contribution in [0.5, 0.6) is 0 Å². The molecule has 0 aliphatic rings. The number of nitriles is 2. The SMILES string of the molecule is CCCCC(CC)CCc1ccc(-c2ccc(-c3c(C#N)c(C#N)c(-c4ccc(-c5ccc(CCC(CC)CCCC)s5)s4)c4nsnc34)s2)s1. The van der Waals surface area contributed by atoms with Crippen LogP contribution in [0.2, 0.25) is 0 Å². The van der Waals surface area contributed by atoms with Gasteiger partial charge in [-0.2, -0.15) is 19.3 Å². The van der Waals surface area contributed by atoms with Crippen LogP contribution in [0.15, 0.2) is 48.5 Å². The minimum absolute atomic E-state index is 0.382. The number of aromatic nitrogens is 2. The van der Waals surface area contributed by atoms with Crippen molar-refractivity contribution < 1.29 is 0 Å². The van der Waals surface area contributed by atoms with Gasteiger partial charge in [0.2, 0.25) is 0 Å². The van der Waals surface area contributed by atoms with Gasteiger partial charge in [-0.3, -0.25) is 0 Å². The number of thiophene rings is 4. The number of rotatable bonds is 18. The Hall–Kier alpha value is -3.18. The molecule has 0 fully saturated rings. The van der Waals surface area contributed by atoms with Crippen molar-refractivity contribution in [3.8, 4) is 52.5 Å². The van der Waals surface area contributed by atoms with E-state index in [9.17, 15) is 10.5 Å². The highest BCUT2D eigenvalue weighted by Gasteiger charge is 2.26. The summed E-state index contributed by atoms with van der Waals surface area (Å²) >= 11 is 8.22. The Morgan fingerprint density at radius 2 is 0.922 bits per heavy atom. The molecule has 4 nitrogen and oxygen atoms in total. The number of unbranched alkanes of at least 4 members (excludes halogenated alkanes) is 2. The standard InChI is InChI=1S/C42H46N4S5/c1-5-9-11-27(7-3)13-15-29-17-19-33(47-29)35-21-23-37(49-35)39-31(25-43)32(26-44)40(42-41(39)45-51-46-42)38-24-22-36(50-38)34-20-18-30(48-34)16-14-28(8-4)12-10-6-2/h17-24,27-28H,5-16H2,1-4H3. The van der Waals surface area contributed by atoms with E-state index in [1.165, 1.54) is 93.5 Å². The van der Waals surface area contributed by atoms with Crippen LogP contribution in [0, 0.1) is 34.5 Å². The zero-order valence-electron chi connectivity index (χ0n) is 30.1. The lowest BCUT2D eigenvalue weighted by Gasteiger charge is -2.13. The van der Waals surface area contributed by atoms with Gasteiger partial charge in [-0.05, 0) is 86.1 Å². The summed E-state index contributed by atoms with van der Waals surface area (Å²) in [6, 6.07) is 22.3. The van der Waals surface area contributed by atoms with Crippen LogP contribution in [-0.2, 0) is 12.8 Å². The third kappa shape index (κ3) is 8.56. The smallest absolute Gasteiger partial charge is 0.115 e. The van der Waals surface area contributed by atoms with E-state index in [0.717, 1.165) is 57.3 Å². The molecule has 51 heavy (non-hydrogen) atoms. The van der Waals surface area contributed by atoms with E-state index in [2.05, 4.69) is 88.4 Å². The van der Waals surface area contributed by atoms with Crippen molar-refractivity contribution in [3.63, 3.8) is 0 Å². The third-order valence-corrected chi connectivity index (χ3v) is 15.5. The predicted molar refractivity (Wildman–Crippen MR) is 223 cm³/mol. The molecule has 264 valence electrons. The summed E-state index contributed by atoms with van der Waals surface area (Å²) in [4.78, 5) is 9.58. The van der Waals surface area contributed by atoms with Gasteiger partial charge in [0.15, 0.2) is 0 Å². The lowest BCUT2D eigenvalue weighted by molar-refractivity contribution is 0.423. The van der Waals surface area contributed by atoms with Crippen LogP contribution in [0.25, 0.3) is 51.4 Å². The summed E-state index contributed by atoms with van der Waals surface area (Å²) in [5.74, 6) is 1.60. The second kappa shape index (κ2) is 18.0. The molecule has 0 amide bonds. The fraction of sp³-hybridized carbons (Fsp3) is 0.429. The topological polar surface area (TPSA) is 73.4 Å². The van der Waals surface area contributed by atoms with Crippen LogP contribution in [-0.4, -0.2) is 8.75 Å². The first kappa shape index (κ1) is 37.6. The Bertz CT molecular complexity index is 1980. The second-order valence-electron chi connectivity index (χ2n) is 13.5. The molecule has 1 aromatic carbocycles. The fourth-order valence-corrected chi connectivity index (χ4v) is 11.9. The maximum absolute atomic E-state index is 10.6. The van der Waals surface area contributed by atoms with Gasteiger partial charge in [-0.1, -0.05) is 79.1 Å². The third-order valence-electron chi connectivity index (χ3n) is 10.1. The number of hydrogen-bond donors (Lipinski definition) is 0. The molecule has 0 N–H and O–H groups in total. The summed E-state index contributed by atoms with van der Waals surface area (Å²) in [6.07, 6.45) is 15.0. The molecule has 2 atom stereocenters. The van der Waals surface area contributed by atoms with Gasteiger partial charge in [-0.15, -0.1) is 45.3 Å². The van der Waals surface area contributed by atoms with Crippen molar-refractivity contribution in [1.82, 2.24) is 8.75 Å². The maximum Gasteiger partial charge on any atom is 0.115 e. The highest BCUT2D eigenvalue weighted by Crippen LogP contribution is 2.47. The summed E-state index contributed by atoms with van der Waals surface area (Å²) in [5, 5.41) is 21.1. The fourth-order valence-electron chi connectivity index (χ4n) is 6.99. The highest BCUT2D eigenvalue weighted by atomic mass is 32.1. The maximum atomic E-state index is 10.6. The van der Waals surface area contributed by atoms with E-state index in [4.69, 9.17) is 8.75 Å². The first-order valence-electron chi connectivity index (χ1n) is 18.5. The second-order valence-corrected chi connectivity index (χ2v) is 18.5. The molecule has 5 aromatic heterocycles. The minimum atomic E-state index is 0.382. The van der Waals surface area contributed by atoms with Crippen LogP contribution >= 0.6 is 57.1 Å². The quantitative estimate of drug-likeness (QED) is 0.0873. The van der Waals surface area contributed by atoms with Gasteiger partial charge in [0.05, 0.1) is 22.9 Å². The summed E-state index contributed by atoms with van der Waals surface area (Å²) in [7, 11) is 0. The molecule has 0 aliphatic heterocycles. The van der Waals surface area contributed by atoms with E-state index in [-0.39, 0.29) is 0 Å². The molecule has 0 bridgehead atoms. The Balaban J connectivity index is 1.26. The largest absolute Gasteiger partial charge is 0.192 e. The number of aryl methyl sites for hydroxylation is 2. The molecule has 9 heteroatoms. The van der Waals surface area contributed by atoms with Gasteiger partial charge in [0, 0.05) is 50.1 Å². The lowest BCUT2D eigenvalue weighted by Crippen LogP contribution is -2.00. The van der Waals surface area contributed by atoms with Crippen molar-refractivity contribution in [2.45, 2.75) is 105 Å². The van der Waals surface area contributed by atoms with E-state index < -0.39 is 0 Å². The Morgan fingerprint density at radius 1 is 0.529 bits per heavy atom. The molecule has 2 unspecified atom stereocenters. The van der Waals surface area contributed by atoms with E-state index in [0.29, 0.717) is 22.2 Å². The average Bonchev–Trinajstić information content (AvgIpc) is 4.00.